The molecule has 7 heteroatoms. The standard InChI is InChI=1S/C15H18N4O3/c1-20-12-6-11(7-13-15(12)22-10-21-13)8-18-3-2-14-17-16-9-19(14)5-4-18/h6-7,9H,2-5,8,10H2,1H3. The maximum Gasteiger partial charge on any atom is 0.231 e. The summed E-state index contributed by atoms with van der Waals surface area (Å²) in [5, 5.41) is 8.13. The third kappa shape index (κ3) is 2.37. The van der Waals surface area contributed by atoms with E-state index in [4.69, 9.17) is 14.2 Å². The van der Waals surface area contributed by atoms with Crippen molar-refractivity contribution in [3.8, 4) is 17.2 Å². The molecule has 1 aromatic heterocycles. The molecular formula is C15H18N4O3. The van der Waals surface area contributed by atoms with Crippen LogP contribution in [0.25, 0.3) is 0 Å². The minimum absolute atomic E-state index is 0.257. The van der Waals surface area contributed by atoms with E-state index >= 15 is 0 Å². The van der Waals surface area contributed by atoms with E-state index in [0.717, 1.165) is 49.9 Å². The smallest absolute Gasteiger partial charge is 0.231 e. The molecule has 22 heavy (non-hydrogen) atoms. The highest BCUT2D eigenvalue weighted by Crippen LogP contribution is 2.42. The molecule has 2 aliphatic rings. The highest BCUT2D eigenvalue weighted by molar-refractivity contribution is 5.55. The van der Waals surface area contributed by atoms with Gasteiger partial charge >= 0.3 is 0 Å². The van der Waals surface area contributed by atoms with Crippen molar-refractivity contribution in [1.29, 1.82) is 0 Å². The molecule has 3 heterocycles. The molecule has 0 fully saturated rings. The summed E-state index contributed by atoms with van der Waals surface area (Å²) in [6.45, 7) is 3.97. The Morgan fingerprint density at radius 2 is 2.18 bits per heavy atom. The summed E-state index contributed by atoms with van der Waals surface area (Å²) >= 11 is 0. The van der Waals surface area contributed by atoms with Gasteiger partial charge in [-0.05, 0) is 17.7 Å². The Bertz CT molecular complexity index is 663. The van der Waals surface area contributed by atoms with Gasteiger partial charge in [-0.1, -0.05) is 0 Å². The third-order valence-electron chi connectivity index (χ3n) is 4.13. The van der Waals surface area contributed by atoms with Gasteiger partial charge in [-0.2, -0.15) is 0 Å². The van der Waals surface area contributed by atoms with Crippen LogP contribution in [0.2, 0.25) is 0 Å². The SMILES string of the molecule is COc1cc(CN2CCc3nncn3CC2)cc2c1OCO2. The van der Waals surface area contributed by atoms with E-state index in [1.54, 1.807) is 7.11 Å². The Balaban J connectivity index is 1.51. The quantitative estimate of drug-likeness (QED) is 0.845. The first-order valence-electron chi connectivity index (χ1n) is 7.39. The number of fused-ring (bicyclic) bond motifs is 2. The fourth-order valence-corrected chi connectivity index (χ4v) is 2.97. The molecule has 0 aliphatic carbocycles. The summed E-state index contributed by atoms with van der Waals surface area (Å²) in [5.74, 6) is 3.26. The highest BCUT2D eigenvalue weighted by atomic mass is 16.7. The summed E-state index contributed by atoms with van der Waals surface area (Å²) in [6, 6.07) is 4.06. The second-order valence-electron chi connectivity index (χ2n) is 5.50. The Morgan fingerprint density at radius 1 is 1.23 bits per heavy atom. The second kappa shape index (κ2) is 5.49. The van der Waals surface area contributed by atoms with Gasteiger partial charge in [0, 0.05) is 32.6 Å². The summed E-state index contributed by atoms with van der Waals surface area (Å²) < 4.78 is 18.5. The molecule has 0 N–H and O–H groups in total. The van der Waals surface area contributed by atoms with E-state index in [9.17, 15) is 0 Å². The zero-order valence-corrected chi connectivity index (χ0v) is 12.5. The van der Waals surface area contributed by atoms with Crippen LogP contribution < -0.4 is 14.2 Å². The Morgan fingerprint density at radius 3 is 3.09 bits per heavy atom. The Labute approximate surface area is 128 Å². The lowest BCUT2D eigenvalue weighted by Crippen LogP contribution is -2.26. The maximum atomic E-state index is 5.49. The van der Waals surface area contributed by atoms with Crippen LogP contribution >= 0.6 is 0 Å². The van der Waals surface area contributed by atoms with E-state index in [-0.39, 0.29) is 6.79 Å². The van der Waals surface area contributed by atoms with Crippen LogP contribution in [0.1, 0.15) is 11.4 Å². The maximum absolute atomic E-state index is 5.49. The van der Waals surface area contributed by atoms with Crippen molar-refractivity contribution < 1.29 is 14.2 Å². The third-order valence-corrected chi connectivity index (χ3v) is 4.13. The van der Waals surface area contributed by atoms with Crippen LogP contribution in [0.5, 0.6) is 17.2 Å². The topological polar surface area (TPSA) is 61.6 Å². The van der Waals surface area contributed by atoms with Crippen molar-refractivity contribution in [2.75, 3.05) is 27.0 Å². The monoisotopic (exact) mass is 302 g/mol. The average molecular weight is 302 g/mol. The number of hydrogen-bond acceptors (Lipinski definition) is 6. The minimum Gasteiger partial charge on any atom is -0.493 e. The van der Waals surface area contributed by atoms with Gasteiger partial charge < -0.3 is 18.8 Å². The molecule has 4 rings (SSSR count). The second-order valence-corrected chi connectivity index (χ2v) is 5.50. The number of nitrogens with zero attached hydrogens (tertiary/aromatic N) is 4. The molecular weight excluding hydrogens is 284 g/mol. The Kier molecular flexibility index (Phi) is 3.34. The number of methoxy groups -OCH3 is 1. The number of aromatic nitrogens is 3. The summed E-state index contributed by atoms with van der Waals surface area (Å²) in [5.41, 5.74) is 1.17. The molecule has 7 nitrogen and oxygen atoms in total. The van der Waals surface area contributed by atoms with Crippen LogP contribution in [-0.2, 0) is 19.5 Å². The largest absolute Gasteiger partial charge is 0.493 e. The lowest BCUT2D eigenvalue weighted by Gasteiger charge is -2.20. The van der Waals surface area contributed by atoms with Crippen LogP contribution in [0.4, 0.5) is 0 Å². The Hall–Kier alpha value is -2.28. The van der Waals surface area contributed by atoms with Gasteiger partial charge in [0.15, 0.2) is 11.5 Å². The zero-order valence-electron chi connectivity index (χ0n) is 12.5. The molecule has 0 bridgehead atoms. The van der Waals surface area contributed by atoms with E-state index < -0.39 is 0 Å². The van der Waals surface area contributed by atoms with E-state index in [2.05, 4.69) is 19.7 Å². The van der Waals surface area contributed by atoms with E-state index in [1.165, 1.54) is 5.56 Å². The molecule has 0 saturated heterocycles. The van der Waals surface area contributed by atoms with Gasteiger partial charge in [-0.15, -0.1) is 10.2 Å². The van der Waals surface area contributed by atoms with Crippen molar-refractivity contribution in [2.45, 2.75) is 19.5 Å². The normalized spacial score (nSPS) is 17.1. The van der Waals surface area contributed by atoms with Crippen LogP contribution in [0.3, 0.4) is 0 Å². The van der Waals surface area contributed by atoms with Crippen LogP contribution in [0.15, 0.2) is 18.5 Å². The van der Waals surface area contributed by atoms with Gasteiger partial charge in [0.05, 0.1) is 7.11 Å². The molecule has 0 amide bonds. The molecule has 2 aliphatic heterocycles. The molecule has 0 unspecified atom stereocenters. The first-order valence-corrected chi connectivity index (χ1v) is 7.39. The molecule has 1 aromatic carbocycles. The average Bonchev–Trinajstić information content (AvgIpc) is 3.14. The predicted octanol–water partition coefficient (Wildman–Crippen LogP) is 1.07. The van der Waals surface area contributed by atoms with E-state index in [1.807, 2.05) is 18.5 Å². The molecule has 0 saturated carbocycles. The number of rotatable bonds is 3. The van der Waals surface area contributed by atoms with Crippen LogP contribution in [0, 0.1) is 0 Å². The lowest BCUT2D eigenvalue weighted by atomic mass is 10.1. The summed E-state index contributed by atoms with van der Waals surface area (Å²) in [7, 11) is 1.65. The van der Waals surface area contributed by atoms with Crippen molar-refractivity contribution in [3.05, 3.63) is 29.8 Å². The first kappa shape index (κ1) is 13.4. The zero-order chi connectivity index (χ0) is 14.9. The molecule has 0 atom stereocenters. The van der Waals surface area contributed by atoms with Crippen LogP contribution in [-0.4, -0.2) is 46.7 Å². The van der Waals surface area contributed by atoms with Crippen molar-refractivity contribution in [3.63, 3.8) is 0 Å². The van der Waals surface area contributed by atoms with Gasteiger partial charge in [-0.3, -0.25) is 4.90 Å². The number of ether oxygens (including phenoxy) is 3. The van der Waals surface area contributed by atoms with E-state index in [0.29, 0.717) is 5.75 Å². The fourth-order valence-electron chi connectivity index (χ4n) is 2.97. The van der Waals surface area contributed by atoms with Gasteiger partial charge in [0.1, 0.15) is 12.2 Å². The predicted molar refractivity (Wildman–Crippen MR) is 78.1 cm³/mol. The minimum atomic E-state index is 0.257. The fraction of sp³-hybridized carbons (Fsp3) is 0.467. The molecule has 0 radical (unpaired) electrons. The highest BCUT2D eigenvalue weighted by Gasteiger charge is 2.21. The molecule has 2 aromatic rings. The first-order chi connectivity index (χ1) is 10.8. The van der Waals surface area contributed by atoms with Crippen molar-refractivity contribution >= 4 is 0 Å². The number of benzene rings is 1. The molecule has 116 valence electrons. The van der Waals surface area contributed by atoms with Gasteiger partial charge in [0.25, 0.3) is 0 Å². The summed E-state index contributed by atoms with van der Waals surface area (Å²) in [4.78, 5) is 2.41. The van der Waals surface area contributed by atoms with Crippen molar-refractivity contribution in [1.82, 2.24) is 19.7 Å². The van der Waals surface area contributed by atoms with Gasteiger partial charge in [-0.25, -0.2) is 0 Å². The van der Waals surface area contributed by atoms with Gasteiger partial charge in [0.2, 0.25) is 12.5 Å². The lowest BCUT2D eigenvalue weighted by molar-refractivity contribution is 0.171. The number of hydrogen-bond donors (Lipinski definition) is 0. The summed E-state index contributed by atoms with van der Waals surface area (Å²) in [6.07, 6.45) is 2.73. The molecule has 0 spiro atoms. The van der Waals surface area contributed by atoms with Crippen molar-refractivity contribution in [2.24, 2.45) is 0 Å².